The summed E-state index contributed by atoms with van der Waals surface area (Å²) in [5, 5.41) is 23.1. The molecule has 0 saturated carbocycles. The number of aryl methyl sites for hydroxylation is 1. The van der Waals surface area contributed by atoms with Crippen molar-refractivity contribution in [1.82, 2.24) is 14.7 Å². The van der Waals surface area contributed by atoms with Gasteiger partial charge in [-0.15, -0.1) is 0 Å². The molecule has 0 bridgehead atoms. The number of aromatic hydroxyl groups is 2. The molecule has 0 unspecified atom stereocenters. The normalized spacial score (nSPS) is 15.5. The Balaban J connectivity index is 1.87. The summed E-state index contributed by atoms with van der Waals surface area (Å²) in [6, 6.07) is 1.99. The van der Waals surface area contributed by atoms with E-state index < -0.39 is 39.9 Å². The molecule has 162 valence electrons. The van der Waals surface area contributed by atoms with Crippen molar-refractivity contribution in [3.8, 4) is 11.6 Å². The molecule has 1 aromatic carbocycles. The van der Waals surface area contributed by atoms with Crippen LogP contribution in [0.25, 0.3) is 0 Å². The number of nitrogens with one attached hydrogen (secondary N) is 2. The number of halogens is 1. The highest BCUT2D eigenvalue weighted by Gasteiger charge is 2.37. The maximum absolute atomic E-state index is 14.6. The molecule has 1 aromatic heterocycles. The number of phenolic OH excluding ortho intramolecular Hbond substituents is 1. The summed E-state index contributed by atoms with van der Waals surface area (Å²) in [6.45, 7) is 5.19. The van der Waals surface area contributed by atoms with Crippen LogP contribution in [-0.4, -0.2) is 41.1 Å². The fraction of sp³-hybridized carbons (Fsp3) is 0.389. The molecule has 0 atom stereocenters. The molecule has 1 amide bonds. The lowest BCUT2D eigenvalue weighted by atomic mass is 10.0. The quantitative estimate of drug-likeness (QED) is 0.534. The highest BCUT2D eigenvalue weighted by Crippen LogP contribution is 2.36. The van der Waals surface area contributed by atoms with Crippen LogP contribution in [0, 0.1) is 18.7 Å². The summed E-state index contributed by atoms with van der Waals surface area (Å²) < 4.78 is 40.6. The molecule has 0 spiro atoms. The van der Waals surface area contributed by atoms with Gasteiger partial charge in [0.1, 0.15) is 18.0 Å². The van der Waals surface area contributed by atoms with E-state index in [1.807, 2.05) is 0 Å². The zero-order valence-electron chi connectivity index (χ0n) is 16.6. The van der Waals surface area contributed by atoms with Gasteiger partial charge in [-0.1, -0.05) is 13.8 Å². The first-order valence-corrected chi connectivity index (χ1v) is 10.6. The van der Waals surface area contributed by atoms with Gasteiger partial charge in [0.15, 0.2) is 5.82 Å². The van der Waals surface area contributed by atoms with Gasteiger partial charge in [-0.05, 0) is 31.7 Å². The summed E-state index contributed by atoms with van der Waals surface area (Å²) >= 11 is 0. The third-order valence-electron chi connectivity index (χ3n) is 4.53. The topological polar surface area (TPSA) is 145 Å². The first-order valence-electron chi connectivity index (χ1n) is 9.17. The Hall–Kier alpha value is -3.15. The molecule has 10 nitrogen and oxygen atoms in total. The van der Waals surface area contributed by atoms with Crippen LogP contribution in [0.1, 0.15) is 31.5 Å². The van der Waals surface area contributed by atoms with Crippen LogP contribution < -0.4 is 14.3 Å². The second-order valence-electron chi connectivity index (χ2n) is 7.36. The van der Waals surface area contributed by atoms with Crippen molar-refractivity contribution in [2.45, 2.75) is 33.6 Å². The molecule has 2 aromatic rings. The minimum Gasteiger partial charge on any atom is -0.506 e. The molecular weight excluding hydrogens is 417 g/mol. The Morgan fingerprint density at radius 1 is 1.30 bits per heavy atom. The zero-order chi connectivity index (χ0) is 22.2. The van der Waals surface area contributed by atoms with Crippen molar-refractivity contribution in [1.29, 1.82) is 0 Å². The number of phenols is 1. The zero-order valence-corrected chi connectivity index (χ0v) is 17.4. The molecule has 1 aliphatic heterocycles. The minimum absolute atomic E-state index is 0.0181. The molecule has 2 heterocycles. The lowest BCUT2D eigenvalue weighted by Gasteiger charge is -2.18. The summed E-state index contributed by atoms with van der Waals surface area (Å²) in [5.41, 5.74) is 0.552. The second kappa shape index (κ2) is 7.94. The molecule has 0 radical (unpaired) electrons. The number of carbonyl (C=O) groups excluding carboxylic acids is 1. The fourth-order valence-electron chi connectivity index (χ4n) is 3.04. The van der Waals surface area contributed by atoms with Crippen molar-refractivity contribution in [3.05, 3.63) is 29.2 Å². The van der Waals surface area contributed by atoms with E-state index in [9.17, 15) is 27.8 Å². The molecule has 1 aliphatic rings. The highest BCUT2D eigenvalue weighted by atomic mass is 32.2. The van der Waals surface area contributed by atoms with Crippen LogP contribution in [0.3, 0.4) is 0 Å². The molecule has 3 rings (SSSR count). The van der Waals surface area contributed by atoms with Gasteiger partial charge in [0, 0.05) is 23.0 Å². The van der Waals surface area contributed by atoms with Crippen molar-refractivity contribution in [2.75, 3.05) is 16.2 Å². The van der Waals surface area contributed by atoms with E-state index in [1.165, 1.54) is 0 Å². The largest absolute Gasteiger partial charge is 0.506 e. The lowest BCUT2D eigenvalue weighted by Crippen LogP contribution is -2.30. The van der Waals surface area contributed by atoms with Crippen molar-refractivity contribution >= 4 is 33.4 Å². The van der Waals surface area contributed by atoms with Crippen molar-refractivity contribution in [2.24, 2.45) is 5.92 Å². The van der Waals surface area contributed by atoms with Crippen molar-refractivity contribution in [3.63, 3.8) is 0 Å². The maximum Gasteiger partial charge on any atom is 0.326 e. The third-order valence-corrected chi connectivity index (χ3v) is 5.91. The van der Waals surface area contributed by atoms with Crippen LogP contribution >= 0.6 is 0 Å². The van der Waals surface area contributed by atoms with Gasteiger partial charge in [-0.3, -0.25) is 4.79 Å². The molecule has 30 heavy (non-hydrogen) atoms. The van der Waals surface area contributed by atoms with E-state index in [1.54, 1.807) is 11.6 Å². The number of aromatic nitrogens is 2. The number of hydrogen-bond acceptors (Lipinski definition) is 8. The highest BCUT2D eigenvalue weighted by molar-refractivity contribution is 7.92. The van der Waals surface area contributed by atoms with E-state index in [4.69, 9.17) is 0 Å². The van der Waals surface area contributed by atoms with Crippen LogP contribution in [0.5, 0.6) is 11.6 Å². The number of hydrogen-bond donors (Lipinski definition) is 4. The Labute approximate surface area is 173 Å². The van der Waals surface area contributed by atoms with Gasteiger partial charge in [-0.25, -0.2) is 18.4 Å². The Morgan fingerprint density at radius 3 is 2.53 bits per heavy atom. The minimum atomic E-state index is -4.28. The first kappa shape index (κ1) is 21.6. The molecule has 1 saturated heterocycles. The van der Waals surface area contributed by atoms with Gasteiger partial charge in [0.05, 0.1) is 0 Å². The predicted molar refractivity (Wildman–Crippen MR) is 107 cm³/mol. The smallest absolute Gasteiger partial charge is 0.326 e. The van der Waals surface area contributed by atoms with Gasteiger partial charge >= 0.3 is 10.2 Å². The van der Waals surface area contributed by atoms with Crippen LogP contribution in [-0.2, 0) is 21.4 Å². The lowest BCUT2D eigenvalue weighted by molar-refractivity contribution is -0.117. The number of benzene rings is 1. The monoisotopic (exact) mass is 439 g/mol. The fourth-order valence-corrected chi connectivity index (χ4v) is 4.21. The van der Waals surface area contributed by atoms with E-state index in [2.05, 4.69) is 29.1 Å². The van der Waals surface area contributed by atoms with E-state index >= 15 is 0 Å². The second-order valence-corrected chi connectivity index (χ2v) is 8.95. The Bertz CT molecular complexity index is 1060. The van der Waals surface area contributed by atoms with Gasteiger partial charge < -0.3 is 15.5 Å². The summed E-state index contributed by atoms with van der Waals surface area (Å²) in [7, 11) is -4.28. The molecule has 4 N–H and O–H groups in total. The first-order chi connectivity index (χ1) is 14.0. The molecular formula is C18H22FN5O5S. The van der Waals surface area contributed by atoms with E-state index in [0.29, 0.717) is 27.9 Å². The van der Waals surface area contributed by atoms with Gasteiger partial charge in [0.2, 0.25) is 11.8 Å². The SMILES string of the molecule is Cc1nc(Nc2cc(O)c(N3CC(=O)NS3(=O)=O)c(F)c2)nc(O)c1CCC(C)C. The molecule has 1 fully saturated rings. The maximum atomic E-state index is 14.6. The van der Waals surface area contributed by atoms with Crippen LogP contribution in [0.2, 0.25) is 0 Å². The summed E-state index contributed by atoms with van der Waals surface area (Å²) in [4.78, 5) is 19.6. The van der Waals surface area contributed by atoms with Crippen LogP contribution in [0.15, 0.2) is 12.1 Å². The van der Waals surface area contributed by atoms with Crippen molar-refractivity contribution < 1.29 is 27.8 Å². The van der Waals surface area contributed by atoms with Gasteiger partial charge in [0.25, 0.3) is 5.91 Å². The summed E-state index contributed by atoms with van der Waals surface area (Å²) in [6.07, 6.45) is 1.46. The average Bonchev–Trinajstić information content (AvgIpc) is 2.85. The van der Waals surface area contributed by atoms with E-state index in [0.717, 1.165) is 18.6 Å². The standard InChI is InChI=1S/C18H22FN5O5S/c1-9(2)4-5-12-10(3)20-18(22-17(12)27)21-11-6-13(19)16(14(25)7-11)24-8-15(26)23-30(24,28)29/h6-7,9,25H,4-5,8H2,1-3H3,(H,23,26)(H2,20,21,22,27). The summed E-state index contributed by atoms with van der Waals surface area (Å²) in [5.74, 6) is -2.39. The predicted octanol–water partition coefficient (Wildman–Crippen LogP) is 1.85. The molecule has 12 heteroatoms. The van der Waals surface area contributed by atoms with Crippen LogP contribution in [0.4, 0.5) is 21.7 Å². The number of anilines is 3. The van der Waals surface area contributed by atoms with E-state index in [-0.39, 0.29) is 17.5 Å². The number of amides is 1. The van der Waals surface area contributed by atoms with Gasteiger partial charge in [-0.2, -0.15) is 13.4 Å². The number of rotatable bonds is 6. The number of nitrogens with zero attached hydrogens (tertiary/aromatic N) is 3. The number of carbonyl (C=O) groups is 1. The average molecular weight is 439 g/mol. The Morgan fingerprint density at radius 2 is 2.00 bits per heavy atom. The Kier molecular flexibility index (Phi) is 5.70. The molecule has 0 aliphatic carbocycles. The third kappa shape index (κ3) is 4.37.